The van der Waals surface area contributed by atoms with E-state index in [1.807, 2.05) is 11.9 Å². The first-order valence-electron chi connectivity index (χ1n) is 4.93. The van der Waals surface area contributed by atoms with Crippen molar-refractivity contribution in [2.24, 2.45) is 5.92 Å². The van der Waals surface area contributed by atoms with Crippen LogP contribution in [0.5, 0.6) is 0 Å². The highest BCUT2D eigenvalue weighted by Crippen LogP contribution is 2.29. The van der Waals surface area contributed by atoms with Crippen LogP contribution in [0.25, 0.3) is 0 Å². The minimum Gasteiger partial charge on any atom is -0.478 e. The SMILES string of the molecule is CN(CC1CC1)c1ncc(C(=O)O)cn1. The largest absolute Gasteiger partial charge is 0.478 e. The smallest absolute Gasteiger partial charge is 0.338 e. The number of nitrogens with zero attached hydrogens (tertiary/aromatic N) is 3. The molecule has 5 heteroatoms. The maximum Gasteiger partial charge on any atom is 0.338 e. The molecule has 0 amide bonds. The van der Waals surface area contributed by atoms with Crippen LogP contribution in [-0.4, -0.2) is 34.6 Å². The molecule has 0 aromatic carbocycles. The second kappa shape index (κ2) is 3.84. The summed E-state index contributed by atoms with van der Waals surface area (Å²) in [6, 6.07) is 0. The molecule has 1 heterocycles. The average molecular weight is 207 g/mol. The third-order valence-corrected chi connectivity index (χ3v) is 2.46. The summed E-state index contributed by atoms with van der Waals surface area (Å²) in [4.78, 5) is 20.6. The molecule has 0 saturated heterocycles. The molecule has 5 nitrogen and oxygen atoms in total. The van der Waals surface area contributed by atoms with Crippen molar-refractivity contribution in [1.29, 1.82) is 0 Å². The molecule has 1 N–H and O–H groups in total. The summed E-state index contributed by atoms with van der Waals surface area (Å²) in [5.41, 5.74) is 0.124. The number of anilines is 1. The van der Waals surface area contributed by atoms with E-state index in [-0.39, 0.29) is 5.56 Å². The lowest BCUT2D eigenvalue weighted by Crippen LogP contribution is -2.22. The van der Waals surface area contributed by atoms with Gasteiger partial charge in [-0.25, -0.2) is 14.8 Å². The first kappa shape index (κ1) is 9.89. The topological polar surface area (TPSA) is 66.3 Å². The first-order valence-corrected chi connectivity index (χ1v) is 4.93. The number of carboxylic acids is 1. The molecule has 15 heavy (non-hydrogen) atoms. The van der Waals surface area contributed by atoms with Gasteiger partial charge in [-0.05, 0) is 18.8 Å². The van der Waals surface area contributed by atoms with Gasteiger partial charge in [0.05, 0.1) is 5.56 Å². The molecule has 1 aromatic rings. The van der Waals surface area contributed by atoms with E-state index in [9.17, 15) is 4.79 Å². The molecule has 1 aliphatic carbocycles. The Kier molecular flexibility index (Phi) is 2.53. The van der Waals surface area contributed by atoms with Crippen LogP contribution in [0.1, 0.15) is 23.2 Å². The van der Waals surface area contributed by atoms with E-state index in [1.54, 1.807) is 0 Å². The van der Waals surface area contributed by atoms with E-state index in [0.717, 1.165) is 12.5 Å². The molecular formula is C10H13N3O2. The molecule has 1 aromatic heterocycles. The molecule has 1 saturated carbocycles. The molecule has 80 valence electrons. The minimum atomic E-state index is -0.994. The predicted octanol–water partition coefficient (Wildman–Crippen LogP) is 1.02. The molecule has 0 bridgehead atoms. The van der Waals surface area contributed by atoms with Crippen LogP contribution in [0.4, 0.5) is 5.95 Å². The van der Waals surface area contributed by atoms with Crippen LogP contribution in [0.15, 0.2) is 12.4 Å². The molecule has 0 spiro atoms. The molecule has 0 atom stereocenters. The van der Waals surface area contributed by atoms with Crippen LogP contribution >= 0.6 is 0 Å². The Bertz CT molecular complexity index is 359. The highest BCUT2D eigenvalue weighted by Gasteiger charge is 2.23. The van der Waals surface area contributed by atoms with Gasteiger partial charge in [-0.2, -0.15) is 0 Å². The van der Waals surface area contributed by atoms with Crippen molar-refractivity contribution in [1.82, 2.24) is 9.97 Å². The van der Waals surface area contributed by atoms with Gasteiger partial charge in [-0.15, -0.1) is 0 Å². The van der Waals surface area contributed by atoms with Crippen molar-refractivity contribution < 1.29 is 9.90 Å². The van der Waals surface area contributed by atoms with Crippen LogP contribution < -0.4 is 4.90 Å². The highest BCUT2D eigenvalue weighted by molar-refractivity contribution is 5.86. The number of hydrogen-bond acceptors (Lipinski definition) is 4. The standard InChI is InChI=1S/C10H13N3O2/c1-13(6-7-2-3-7)10-11-4-8(5-12-10)9(14)15/h4-5,7H,2-3,6H2,1H3,(H,14,15). The summed E-state index contributed by atoms with van der Waals surface area (Å²) in [6.07, 6.45) is 5.23. The average Bonchev–Trinajstić information content (AvgIpc) is 3.02. The van der Waals surface area contributed by atoms with Crippen molar-refractivity contribution in [2.45, 2.75) is 12.8 Å². The first-order chi connectivity index (χ1) is 7.16. The van der Waals surface area contributed by atoms with Crippen LogP contribution in [0.3, 0.4) is 0 Å². The number of rotatable bonds is 4. The van der Waals surface area contributed by atoms with Gasteiger partial charge < -0.3 is 10.0 Å². The summed E-state index contributed by atoms with van der Waals surface area (Å²) in [7, 11) is 1.92. The van der Waals surface area contributed by atoms with Crippen molar-refractivity contribution in [2.75, 3.05) is 18.5 Å². The predicted molar refractivity (Wildman–Crippen MR) is 55.0 cm³/mol. The maximum atomic E-state index is 10.6. The zero-order valence-corrected chi connectivity index (χ0v) is 8.55. The zero-order valence-electron chi connectivity index (χ0n) is 8.55. The van der Waals surface area contributed by atoms with Gasteiger partial charge in [0.2, 0.25) is 5.95 Å². The molecule has 0 aliphatic heterocycles. The Morgan fingerprint density at radius 1 is 1.53 bits per heavy atom. The summed E-state index contributed by atoms with van der Waals surface area (Å²) in [5, 5.41) is 8.68. The lowest BCUT2D eigenvalue weighted by Gasteiger charge is -2.15. The third-order valence-electron chi connectivity index (χ3n) is 2.46. The van der Waals surface area contributed by atoms with Crippen LogP contribution in [-0.2, 0) is 0 Å². The molecule has 0 radical (unpaired) electrons. The van der Waals surface area contributed by atoms with Gasteiger partial charge in [-0.3, -0.25) is 0 Å². The summed E-state index contributed by atoms with van der Waals surface area (Å²) >= 11 is 0. The summed E-state index contributed by atoms with van der Waals surface area (Å²) < 4.78 is 0. The lowest BCUT2D eigenvalue weighted by molar-refractivity contribution is 0.0696. The van der Waals surface area contributed by atoms with Gasteiger partial charge in [0.1, 0.15) is 0 Å². The second-order valence-corrected chi connectivity index (χ2v) is 3.90. The van der Waals surface area contributed by atoms with E-state index in [4.69, 9.17) is 5.11 Å². The monoisotopic (exact) mass is 207 g/mol. The maximum absolute atomic E-state index is 10.6. The number of carbonyl (C=O) groups is 1. The second-order valence-electron chi connectivity index (χ2n) is 3.90. The van der Waals surface area contributed by atoms with E-state index in [2.05, 4.69) is 9.97 Å². The summed E-state index contributed by atoms with van der Waals surface area (Å²) in [6.45, 7) is 0.951. The fourth-order valence-electron chi connectivity index (χ4n) is 1.40. The number of carboxylic acid groups (broad SMARTS) is 1. The minimum absolute atomic E-state index is 0.124. The van der Waals surface area contributed by atoms with Gasteiger partial charge >= 0.3 is 5.97 Å². The molecule has 2 rings (SSSR count). The van der Waals surface area contributed by atoms with E-state index < -0.39 is 5.97 Å². The number of hydrogen-bond donors (Lipinski definition) is 1. The number of aromatic carboxylic acids is 1. The van der Waals surface area contributed by atoms with Crippen molar-refractivity contribution in [3.63, 3.8) is 0 Å². The lowest BCUT2D eigenvalue weighted by atomic mass is 10.3. The molecule has 0 unspecified atom stereocenters. The van der Waals surface area contributed by atoms with Gasteiger partial charge in [0.25, 0.3) is 0 Å². The molecular weight excluding hydrogens is 194 g/mol. The molecule has 1 fully saturated rings. The fourth-order valence-corrected chi connectivity index (χ4v) is 1.40. The Morgan fingerprint density at radius 2 is 2.13 bits per heavy atom. The zero-order chi connectivity index (χ0) is 10.8. The van der Waals surface area contributed by atoms with Crippen molar-refractivity contribution >= 4 is 11.9 Å². The normalized spacial score (nSPS) is 15.0. The number of aromatic nitrogens is 2. The van der Waals surface area contributed by atoms with Crippen molar-refractivity contribution in [3.8, 4) is 0 Å². The highest BCUT2D eigenvalue weighted by atomic mass is 16.4. The van der Waals surface area contributed by atoms with Crippen LogP contribution in [0, 0.1) is 5.92 Å². The quantitative estimate of drug-likeness (QED) is 0.798. The van der Waals surface area contributed by atoms with E-state index in [0.29, 0.717) is 5.95 Å². The Hall–Kier alpha value is -1.65. The fraction of sp³-hybridized carbons (Fsp3) is 0.500. The van der Waals surface area contributed by atoms with Crippen molar-refractivity contribution in [3.05, 3.63) is 18.0 Å². The van der Waals surface area contributed by atoms with E-state index in [1.165, 1.54) is 25.2 Å². The van der Waals surface area contributed by atoms with Gasteiger partial charge in [0, 0.05) is 26.0 Å². The Balaban J connectivity index is 2.04. The van der Waals surface area contributed by atoms with E-state index >= 15 is 0 Å². The molecule has 1 aliphatic rings. The van der Waals surface area contributed by atoms with Crippen LogP contribution in [0.2, 0.25) is 0 Å². The Morgan fingerprint density at radius 3 is 2.60 bits per heavy atom. The summed E-state index contributed by atoms with van der Waals surface area (Å²) in [5.74, 6) is 0.357. The van der Waals surface area contributed by atoms with Gasteiger partial charge in [0.15, 0.2) is 0 Å². The van der Waals surface area contributed by atoms with Gasteiger partial charge in [-0.1, -0.05) is 0 Å². The Labute approximate surface area is 87.8 Å². The third kappa shape index (κ3) is 2.43.